The predicted octanol–water partition coefficient (Wildman–Crippen LogP) is 3.75. The number of nitrogens with zero attached hydrogens (tertiary/aromatic N) is 6. The Labute approximate surface area is 229 Å². The molecule has 0 spiro atoms. The maximum Gasteiger partial charge on any atom is 0.231 e. The number of rotatable bonds is 8. The molecule has 11 heteroatoms. The van der Waals surface area contributed by atoms with Crippen LogP contribution in [0.3, 0.4) is 0 Å². The third kappa shape index (κ3) is 5.65. The zero-order valence-corrected chi connectivity index (χ0v) is 21.7. The van der Waals surface area contributed by atoms with E-state index in [1.54, 1.807) is 6.21 Å². The molecule has 9 nitrogen and oxygen atoms in total. The summed E-state index contributed by atoms with van der Waals surface area (Å²) < 4.78 is 40.6. The smallest absolute Gasteiger partial charge is 0.231 e. The van der Waals surface area contributed by atoms with Gasteiger partial charge in [-0.2, -0.15) is 5.10 Å². The van der Waals surface area contributed by atoms with Crippen molar-refractivity contribution in [3.05, 3.63) is 96.1 Å². The van der Waals surface area contributed by atoms with Crippen LogP contribution in [0, 0.1) is 11.6 Å². The zero-order chi connectivity index (χ0) is 27.5. The summed E-state index contributed by atoms with van der Waals surface area (Å²) in [5.74, 6) is -0.0210. The van der Waals surface area contributed by atoms with E-state index in [2.05, 4.69) is 24.9 Å². The fraction of sp³-hybridized carbons (Fsp3) is 0.276. The Kier molecular flexibility index (Phi) is 7.14. The standard InChI is InChI=1S/C29H28F2N6O3/c30-22-2-7-25(26(31)14-22)29(38,17-37-19-32-18-34-37)16-35-9-11-36(12-10-35)24-5-3-23(4-6-24)33-15-21-1-8-27-28(13-21)40-20-39-27/h1-8,13-15,18-19,38H,9-12,16-17,20H2. The van der Waals surface area contributed by atoms with Gasteiger partial charge in [-0.25, -0.2) is 18.4 Å². The summed E-state index contributed by atoms with van der Waals surface area (Å²) in [6, 6.07) is 17.0. The highest BCUT2D eigenvalue weighted by Gasteiger charge is 2.36. The largest absolute Gasteiger partial charge is 0.454 e. The van der Waals surface area contributed by atoms with E-state index in [-0.39, 0.29) is 25.4 Å². The Bertz CT molecular complexity index is 1490. The molecule has 0 saturated carbocycles. The van der Waals surface area contributed by atoms with Crippen LogP contribution in [0.5, 0.6) is 11.5 Å². The van der Waals surface area contributed by atoms with Gasteiger partial charge in [-0.1, -0.05) is 6.07 Å². The van der Waals surface area contributed by atoms with E-state index in [1.807, 2.05) is 42.5 Å². The third-order valence-corrected chi connectivity index (χ3v) is 7.15. The van der Waals surface area contributed by atoms with Crippen LogP contribution >= 0.6 is 0 Å². The van der Waals surface area contributed by atoms with Crippen LogP contribution in [0.25, 0.3) is 0 Å². The van der Waals surface area contributed by atoms with Crippen LogP contribution in [0.1, 0.15) is 11.1 Å². The third-order valence-electron chi connectivity index (χ3n) is 7.15. The molecule has 6 rings (SSSR count). The van der Waals surface area contributed by atoms with Gasteiger partial charge in [-0.3, -0.25) is 9.89 Å². The highest BCUT2D eigenvalue weighted by atomic mass is 19.1. The minimum absolute atomic E-state index is 0.00992. The van der Waals surface area contributed by atoms with Gasteiger partial charge in [0.25, 0.3) is 0 Å². The molecule has 1 fully saturated rings. The number of fused-ring (bicyclic) bond motifs is 1. The summed E-state index contributed by atoms with van der Waals surface area (Å²) in [6.07, 6.45) is 4.61. The van der Waals surface area contributed by atoms with Crippen LogP contribution in [0.15, 0.2) is 78.3 Å². The molecular weight excluding hydrogens is 518 g/mol. The second kappa shape index (κ2) is 11.0. The summed E-state index contributed by atoms with van der Waals surface area (Å²) in [5.41, 5.74) is 1.24. The first-order chi connectivity index (χ1) is 19.4. The van der Waals surface area contributed by atoms with Crippen molar-refractivity contribution in [3.63, 3.8) is 0 Å². The van der Waals surface area contributed by atoms with Gasteiger partial charge in [-0.05, 0) is 54.1 Å². The van der Waals surface area contributed by atoms with E-state index in [9.17, 15) is 13.9 Å². The average molecular weight is 547 g/mol. The molecule has 3 heterocycles. The summed E-state index contributed by atoms with van der Waals surface area (Å²) >= 11 is 0. The molecule has 0 bridgehead atoms. The topological polar surface area (TPSA) is 88.2 Å². The molecule has 40 heavy (non-hydrogen) atoms. The summed E-state index contributed by atoms with van der Waals surface area (Å²) in [7, 11) is 0. The van der Waals surface area contributed by atoms with Crippen molar-refractivity contribution in [1.29, 1.82) is 0 Å². The maximum absolute atomic E-state index is 14.8. The number of β-amino-alcohol motifs (C(OH)–C–C–N with tert-alkyl or cyclic N) is 1. The molecule has 0 radical (unpaired) electrons. The summed E-state index contributed by atoms with van der Waals surface area (Å²) in [6.45, 7) is 3.16. The lowest BCUT2D eigenvalue weighted by atomic mass is 9.92. The van der Waals surface area contributed by atoms with Gasteiger partial charge in [-0.15, -0.1) is 0 Å². The van der Waals surface area contributed by atoms with Crippen LogP contribution < -0.4 is 14.4 Å². The SMILES string of the molecule is OC(CN1CCN(c2ccc(N=Cc3ccc4c(c3)OCO4)cc2)CC1)(Cn1cncn1)c1ccc(F)cc1F. The highest BCUT2D eigenvalue weighted by Crippen LogP contribution is 2.32. The van der Waals surface area contributed by atoms with Crippen LogP contribution in [0.2, 0.25) is 0 Å². The first-order valence-electron chi connectivity index (χ1n) is 13.0. The van der Waals surface area contributed by atoms with E-state index in [0.29, 0.717) is 13.1 Å². The zero-order valence-electron chi connectivity index (χ0n) is 21.7. The molecule has 4 aromatic rings. The lowest BCUT2D eigenvalue weighted by Crippen LogP contribution is -2.52. The maximum atomic E-state index is 14.8. The number of anilines is 1. The van der Waals surface area contributed by atoms with Crippen molar-refractivity contribution in [2.45, 2.75) is 12.1 Å². The van der Waals surface area contributed by atoms with Gasteiger partial charge in [0, 0.05) is 56.3 Å². The minimum atomic E-state index is -1.62. The van der Waals surface area contributed by atoms with Gasteiger partial charge in [0.05, 0.1) is 12.2 Å². The van der Waals surface area contributed by atoms with Crippen LogP contribution in [-0.2, 0) is 12.1 Å². The Morgan fingerprint density at radius 1 is 0.925 bits per heavy atom. The molecule has 0 amide bonds. The number of aromatic nitrogens is 3. The first kappa shape index (κ1) is 25.9. The molecule has 0 aliphatic carbocycles. The fourth-order valence-electron chi connectivity index (χ4n) is 5.10. The highest BCUT2D eigenvalue weighted by molar-refractivity contribution is 5.83. The minimum Gasteiger partial charge on any atom is -0.454 e. The number of hydrogen-bond donors (Lipinski definition) is 1. The molecule has 1 unspecified atom stereocenters. The second-order valence-corrected chi connectivity index (χ2v) is 9.90. The van der Waals surface area contributed by atoms with Crippen molar-refractivity contribution >= 4 is 17.6 Å². The average Bonchev–Trinajstić information content (AvgIpc) is 3.64. The van der Waals surface area contributed by atoms with E-state index in [0.717, 1.165) is 53.7 Å². The van der Waals surface area contributed by atoms with Crippen molar-refractivity contribution in [3.8, 4) is 11.5 Å². The van der Waals surface area contributed by atoms with Crippen molar-refractivity contribution in [1.82, 2.24) is 19.7 Å². The lowest BCUT2D eigenvalue weighted by Gasteiger charge is -2.40. The number of halogens is 2. The van der Waals surface area contributed by atoms with Crippen LogP contribution in [0.4, 0.5) is 20.2 Å². The van der Waals surface area contributed by atoms with E-state index >= 15 is 0 Å². The number of hydrogen-bond acceptors (Lipinski definition) is 8. The Morgan fingerprint density at radius 2 is 1.73 bits per heavy atom. The molecule has 1 saturated heterocycles. The Hall–Kier alpha value is -4.35. The number of benzene rings is 3. The quantitative estimate of drug-likeness (QED) is 0.337. The normalized spacial score (nSPS) is 16.9. The van der Waals surface area contributed by atoms with Gasteiger partial charge >= 0.3 is 0 Å². The number of ether oxygens (including phenoxy) is 2. The number of aliphatic hydroxyl groups is 1. The molecule has 3 aromatic carbocycles. The van der Waals surface area contributed by atoms with E-state index in [4.69, 9.17) is 9.47 Å². The Morgan fingerprint density at radius 3 is 2.48 bits per heavy atom. The molecule has 1 aromatic heterocycles. The van der Waals surface area contributed by atoms with Crippen molar-refractivity contribution in [2.24, 2.45) is 4.99 Å². The molecule has 2 aliphatic rings. The number of aliphatic imine (C=N–C) groups is 1. The molecule has 1 atom stereocenters. The van der Waals surface area contributed by atoms with Gasteiger partial charge in [0.2, 0.25) is 6.79 Å². The first-order valence-corrected chi connectivity index (χ1v) is 13.0. The molecule has 206 valence electrons. The monoisotopic (exact) mass is 546 g/mol. The molecular formula is C29H28F2N6O3. The summed E-state index contributed by atoms with van der Waals surface area (Å²) in [4.78, 5) is 12.8. The summed E-state index contributed by atoms with van der Waals surface area (Å²) in [5, 5.41) is 15.7. The number of piperazine rings is 1. The lowest BCUT2D eigenvalue weighted by molar-refractivity contribution is -0.0227. The van der Waals surface area contributed by atoms with Crippen molar-refractivity contribution in [2.75, 3.05) is 44.4 Å². The van der Waals surface area contributed by atoms with Gasteiger partial charge in [0.1, 0.15) is 29.9 Å². The second-order valence-electron chi connectivity index (χ2n) is 9.90. The fourth-order valence-corrected chi connectivity index (χ4v) is 5.10. The van der Waals surface area contributed by atoms with E-state index < -0.39 is 17.2 Å². The van der Waals surface area contributed by atoms with E-state index in [1.165, 1.54) is 23.4 Å². The van der Waals surface area contributed by atoms with Gasteiger partial charge < -0.3 is 19.5 Å². The predicted molar refractivity (Wildman–Crippen MR) is 145 cm³/mol. The van der Waals surface area contributed by atoms with Gasteiger partial charge in [0.15, 0.2) is 11.5 Å². The Balaban J connectivity index is 1.09. The van der Waals surface area contributed by atoms with Crippen molar-refractivity contribution < 1.29 is 23.4 Å². The molecule has 2 aliphatic heterocycles. The van der Waals surface area contributed by atoms with Crippen LogP contribution in [-0.4, -0.2) is 70.5 Å². The molecule has 1 N–H and O–H groups in total.